The van der Waals surface area contributed by atoms with E-state index in [2.05, 4.69) is 0 Å². The predicted octanol–water partition coefficient (Wildman–Crippen LogP) is 7.64. The Labute approximate surface area is 227 Å². The fourth-order valence-electron chi connectivity index (χ4n) is 4.12. The van der Waals surface area contributed by atoms with E-state index >= 15 is 0 Å². The van der Waals surface area contributed by atoms with E-state index < -0.39 is 20.9 Å². The molecule has 0 fully saturated rings. The van der Waals surface area contributed by atoms with Crippen LogP contribution in [0.1, 0.15) is 29.2 Å². The van der Waals surface area contributed by atoms with E-state index in [1.165, 1.54) is 0 Å². The first kappa shape index (κ1) is 25.9. The molecule has 4 aromatic rings. The topological polar surface area (TPSA) is 52.6 Å². The summed E-state index contributed by atoms with van der Waals surface area (Å²) in [5.41, 5.74) is 4.76. The van der Waals surface area contributed by atoms with Crippen molar-refractivity contribution in [3.63, 3.8) is 0 Å². The normalized spacial score (nSPS) is 15.5. The Balaban J connectivity index is 1.73. The molecule has 4 aromatic carbocycles. The highest BCUT2D eigenvalue weighted by molar-refractivity contribution is 8.24. The summed E-state index contributed by atoms with van der Waals surface area (Å²) in [6, 6.07) is 34.3. The molecule has 38 heavy (non-hydrogen) atoms. The zero-order valence-corrected chi connectivity index (χ0v) is 22.8. The van der Waals surface area contributed by atoms with Crippen LogP contribution < -0.4 is 4.74 Å². The van der Waals surface area contributed by atoms with Crippen LogP contribution in [0.2, 0.25) is 0 Å². The maximum atomic E-state index is 13.6. The fraction of sp³-hybridized carbons (Fsp3) is 0.0938. The third-order valence-electron chi connectivity index (χ3n) is 6.06. The van der Waals surface area contributed by atoms with Crippen LogP contribution >= 0.6 is 10.8 Å². The summed E-state index contributed by atoms with van der Waals surface area (Å²) in [7, 11) is -5.29. The zero-order chi connectivity index (χ0) is 26.5. The van der Waals surface area contributed by atoms with Crippen molar-refractivity contribution in [3.8, 4) is 5.75 Å². The van der Waals surface area contributed by atoms with Gasteiger partial charge in [0, 0.05) is 20.5 Å². The van der Waals surface area contributed by atoms with Gasteiger partial charge in [0.15, 0.2) is 0 Å². The predicted molar refractivity (Wildman–Crippen MR) is 158 cm³/mol. The van der Waals surface area contributed by atoms with Crippen LogP contribution in [0.25, 0.3) is 10.5 Å². The van der Waals surface area contributed by atoms with Crippen molar-refractivity contribution in [2.45, 2.75) is 18.7 Å². The van der Waals surface area contributed by atoms with E-state index in [1.54, 1.807) is 24.3 Å². The minimum Gasteiger partial charge on any atom is -0.494 e. The lowest BCUT2D eigenvalue weighted by Gasteiger charge is -2.23. The average molecular weight is 541 g/mol. The average Bonchev–Trinajstić information content (AvgIpc) is 2.95. The second-order valence-corrected chi connectivity index (χ2v) is 12.1. The molecular weight excluding hydrogens is 512 g/mol. The standard InChI is InChI=1S/C32H28O4S2/c1-3-35-29-18-16-27(17-19-29)32-23-28(25-10-6-4-7-11-25)22-31(26-12-8-5-9-13-26)37(32)36-38(33,34)30-20-14-24(2)15-21-30/h4-23H,3H2,1-2H3. The molecule has 1 atom stereocenters. The van der Waals surface area contributed by atoms with E-state index in [0.29, 0.717) is 6.61 Å². The van der Waals surface area contributed by atoms with Crippen molar-refractivity contribution in [1.82, 2.24) is 0 Å². The first-order valence-electron chi connectivity index (χ1n) is 12.3. The van der Waals surface area contributed by atoms with Crippen molar-refractivity contribution in [2.75, 3.05) is 6.61 Å². The van der Waals surface area contributed by atoms with Crippen LogP contribution in [-0.4, -0.2) is 19.9 Å². The summed E-state index contributed by atoms with van der Waals surface area (Å²) >= 11 is 0. The molecule has 0 aliphatic carbocycles. The third kappa shape index (κ3) is 5.73. The smallest absolute Gasteiger partial charge is 0.307 e. The molecule has 0 saturated carbocycles. The SMILES string of the molecule is CCOc1ccc(C2=S(OS(=O)(=O)c3ccc(C)cc3)C(c3ccccc3)=CC(c3ccccc3)=C2)cc1. The van der Waals surface area contributed by atoms with Gasteiger partial charge in [-0.15, -0.1) is 0 Å². The van der Waals surface area contributed by atoms with Gasteiger partial charge in [0.05, 0.1) is 11.5 Å². The van der Waals surface area contributed by atoms with E-state index in [9.17, 15) is 8.42 Å². The largest absolute Gasteiger partial charge is 0.494 e. The Morgan fingerprint density at radius 2 is 1.29 bits per heavy atom. The van der Waals surface area contributed by atoms with Gasteiger partial charge in [-0.3, -0.25) is 0 Å². The van der Waals surface area contributed by atoms with Gasteiger partial charge in [0.25, 0.3) is 0 Å². The van der Waals surface area contributed by atoms with Crippen molar-refractivity contribution in [2.24, 2.45) is 0 Å². The van der Waals surface area contributed by atoms with E-state index in [-0.39, 0.29) is 4.90 Å². The minimum atomic E-state index is -4.06. The molecule has 1 aliphatic heterocycles. The van der Waals surface area contributed by atoms with E-state index in [0.717, 1.165) is 43.3 Å². The van der Waals surface area contributed by atoms with Gasteiger partial charge in [-0.25, -0.2) is 0 Å². The number of allylic oxidation sites excluding steroid dienone is 3. The number of aryl methyl sites for hydroxylation is 1. The fourth-order valence-corrected chi connectivity index (χ4v) is 7.61. The summed E-state index contributed by atoms with van der Waals surface area (Å²) in [4.78, 5) is 1.71. The monoisotopic (exact) mass is 540 g/mol. The molecule has 0 N–H and O–H groups in total. The molecule has 0 saturated heterocycles. The van der Waals surface area contributed by atoms with Gasteiger partial charge in [0.2, 0.25) is 0 Å². The molecule has 0 radical (unpaired) electrons. The lowest BCUT2D eigenvalue weighted by molar-refractivity contribution is 0.340. The molecule has 1 unspecified atom stereocenters. The Hall–Kier alpha value is -3.71. The third-order valence-corrected chi connectivity index (χ3v) is 9.67. The highest BCUT2D eigenvalue weighted by Crippen LogP contribution is 2.45. The highest BCUT2D eigenvalue weighted by Gasteiger charge is 2.26. The van der Waals surface area contributed by atoms with Gasteiger partial charge in [-0.05, 0) is 72.5 Å². The molecule has 0 bridgehead atoms. The lowest BCUT2D eigenvalue weighted by atomic mass is 10.0. The van der Waals surface area contributed by atoms with E-state index in [1.807, 2.05) is 111 Å². The molecule has 0 aromatic heterocycles. The molecule has 1 aliphatic rings. The van der Waals surface area contributed by atoms with Gasteiger partial charge in [-0.1, -0.05) is 90.5 Å². The maximum absolute atomic E-state index is 13.6. The number of rotatable bonds is 8. The number of hydrogen-bond donors (Lipinski definition) is 0. The Morgan fingerprint density at radius 3 is 1.89 bits per heavy atom. The van der Waals surface area contributed by atoms with Crippen LogP contribution in [0.15, 0.2) is 126 Å². The Bertz CT molecular complexity index is 1620. The molecule has 0 amide bonds. The lowest BCUT2D eigenvalue weighted by Crippen LogP contribution is -2.10. The molecule has 192 valence electrons. The first-order valence-corrected chi connectivity index (χ1v) is 14.9. The summed E-state index contributed by atoms with van der Waals surface area (Å²) in [5, 5.41) is 0. The van der Waals surface area contributed by atoms with Gasteiger partial charge >= 0.3 is 10.1 Å². The van der Waals surface area contributed by atoms with E-state index in [4.69, 9.17) is 8.37 Å². The highest BCUT2D eigenvalue weighted by atomic mass is 32.3. The van der Waals surface area contributed by atoms with Crippen molar-refractivity contribution >= 4 is 36.2 Å². The molecule has 5 rings (SSSR count). The molecule has 0 spiro atoms. The van der Waals surface area contributed by atoms with Gasteiger partial charge in [-0.2, -0.15) is 12.0 Å². The second kappa shape index (κ2) is 11.4. The quantitative estimate of drug-likeness (QED) is 0.216. The summed E-state index contributed by atoms with van der Waals surface area (Å²) in [5.74, 6) is 0.756. The Kier molecular flexibility index (Phi) is 7.74. The molecule has 6 heteroatoms. The van der Waals surface area contributed by atoms with Crippen molar-refractivity contribution in [3.05, 3.63) is 144 Å². The summed E-state index contributed by atoms with van der Waals surface area (Å²) in [6.07, 6.45) is 4.07. The maximum Gasteiger partial charge on any atom is 0.307 e. The van der Waals surface area contributed by atoms with Gasteiger partial charge < -0.3 is 4.74 Å². The first-order chi connectivity index (χ1) is 18.4. The molecule has 1 heterocycles. The number of benzene rings is 4. The second-order valence-electron chi connectivity index (χ2n) is 8.77. The van der Waals surface area contributed by atoms with Crippen molar-refractivity contribution < 1.29 is 16.8 Å². The van der Waals surface area contributed by atoms with Gasteiger partial charge in [0.1, 0.15) is 5.75 Å². The Morgan fingerprint density at radius 1 is 0.684 bits per heavy atom. The van der Waals surface area contributed by atoms with Crippen LogP contribution in [0, 0.1) is 6.92 Å². The summed E-state index contributed by atoms with van der Waals surface area (Å²) < 4.78 is 38.9. The minimum absolute atomic E-state index is 0.131. The van der Waals surface area contributed by atoms with Crippen LogP contribution in [0.5, 0.6) is 5.75 Å². The molecule has 4 nitrogen and oxygen atoms in total. The van der Waals surface area contributed by atoms with Crippen LogP contribution in [0.4, 0.5) is 0 Å². The van der Waals surface area contributed by atoms with Crippen LogP contribution in [0.3, 0.4) is 0 Å². The number of ether oxygens (including phenoxy) is 1. The molecular formula is C32H28O4S2. The van der Waals surface area contributed by atoms with Crippen LogP contribution in [-0.2, 0) is 13.7 Å². The summed E-state index contributed by atoms with van der Waals surface area (Å²) in [6.45, 7) is 4.43. The van der Waals surface area contributed by atoms with Crippen molar-refractivity contribution in [1.29, 1.82) is 0 Å². The number of hydrogen-bond acceptors (Lipinski definition) is 4. The zero-order valence-electron chi connectivity index (χ0n) is 21.2.